The maximum absolute atomic E-state index is 7.36. The topological polar surface area (TPSA) is 99.7 Å². The second-order valence-corrected chi connectivity index (χ2v) is 3.60. The van der Waals surface area contributed by atoms with E-state index in [4.69, 9.17) is 22.3 Å². The quantitative estimate of drug-likeness (QED) is 0.447. The molecule has 4 heteroatoms. The number of nitrogens with one attached hydrogen (secondary N) is 2. The molecule has 0 atom stereocenters. The van der Waals surface area contributed by atoms with Gasteiger partial charge in [0.15, 0.2) is 0 Å². The minimum Gasteiger partial charge on any atom is -0.384 e. The molecule has 0 aromatic heterocycles. The Balaban J connectivity index is 2.65. The van der Waals surface area contributed by atoms with E-state index in [-0.39, 0.29) is 11.7 Å². The van der Waals surface area contributed by atoms with Crippen LogP contribution in [0.1, 0.15) is 11.1 Å². The molecule has 2 rings (SSSR count). The van der Waals surface area contributed by atoms with Crippen LogP contribution in [-0.4, -0.2) is 11.7 Å². The Labute approximate surface area is 92.9 Å². The van der Waals surface area contributed by atoms with Crippen LogP contribution in [0.4, 0.5) is 0 Å². The third-order valence-electron chi connectivity index (χ3n) is 2.46. The maximum atomic E-state index is 7.36. The van der Waals surface area contributed by atoms with E-state index >= 15 is 0 Å². The molecule has 2 aromatic rings. The number of rotatable bonds is 2. The van der Waals surface area contributed by atoms with Gasteiger partial charge >= 0.3 is 0 Å². The first kappa shape index (κ1) is 10.2. The van der Waals surface area contributed by atoms with Crippen LogP contribution in [0.15, 0.2) is 36.4 Å². The SMILES string of the molecule is N=C(N)c1ccc2ccc(C(=N)N)cc2c1. The van der Waals surface area contributed by atoms with Gasteiger partial charge in [0.1, 0.15) is 11.7 Å². The Morgan fingerprint density at radius 3 is 1.56 bits per heavy atom. The number of fused-ring (bicyclic) bond motifs is 1. The highest BCUT2D eigenvalue weighted by atomic mass is 14.7. The average Bonchev–Trinajstić information content (AvgIpc) is 2.27. The molecule has 0 aliphatic carbocycles. The number of benzene rings is 2. The van der Waals surface area contributed by atoms with Crippen LogP contribution in [0, 0.1) is 10.8 Å². The van der Waals surface area contributed by atoms with Crippen molar-refractivity contribution < 1.29 is 0 Å². The number of amidine groups is 2. The van der Waals surface area contributed by atoms with E-state index in [9.17, 15) is 0 Å². The largest absolute Gasteiger partial charge is 0.384 e. The summed E-state index contributed by atoms with van der Waals surface area (Å²) in [6.45, 7) is 0. The summed E-state index contributed by atoms with van der Waals surface area (Å²) in [4.78, 5) is 0. The molecule has 2 aromatic carbocycles. The molecule has 0 unspecified atom stereocenters. The highest BCUT2D eigenvalue weighted by molar-refractivity contribution is 6.02. The third-order valence-corrected chi connectivity index (χ3v) is 2.46. The van der Waals surface area contributed by atoms with E-state index < -0.39 is 0 Å². The fourth-order valence-corrected chi connectivity index (χ4v) is 1.58. The molecule has 0 aliphatic rings. The molecule has 0 saturated heterocycles. The van der Waals surface area contributed by atoms with E-state index in [0.29, 0.717) is 11.1 Å². The zero-order valence-electron chi connectivity index (χ0n) is 8.62. The maximum Gasteiger partial charge on any atom is 0.122 e. The minimum absolute atomic E-state index is 0.0372. The summed E-state index contributed by atoms with van der Waals surface area (Å²) in [5.74, 6) is 0.0743. The van der Waals surface area contributed by atoms with E-state index in [0.717, 1.165) is 10.8 Å². The van der Waals surface area contributed by atoms with Crippen molar-refractivity contribution in [3.05, 3.63) is 47.5 Å². The van der Waals surface area contributed by atoms with Crippen LogP contribution in [0.3, 0.4) is 0 Å². The van der Waals surface area contributed by atoms with Crippen molar-refractivity contribution in [1.82, 2.24) is 0 Å². The van der Waals surface area contributed by atoms with Gasteiger partial charge < -0.3 is 11.5 Å². The van der Waals surface area contributed by atoms with Crippen LogP contribution >= 0.6 is 0 Å². The van der Waals surface area contributed by atoms with Gasteiger partial charge in [0.2, 0.25) is 0 Å². The van der Waals surface area contributed by atoms with Crippen molar-refractivity contribution >= 4 is 22.4 Å². The summed E-state index contributed by atoms with van der Waals surface area (Å²) in [6.07, 6.45) is 0. The standard InChI is InChI=1S/C12H12N4/c13-11(14)8-3-1-7-2-4-9(12(15)16)6-10(7)5-8/h1-6H,(H3,13,14)(H3,15,16). The van der Waals surface area contributed by atoms with Crippen LogP contribution in [0.2, 0.25) is 0 Å². The normalized spacial score (nSPS) is 10.2. The van der Waals surface area contributed by atoms with Crippen LogP contribution in [0.25, 0.3) is 10.8 Å². The molecule has 4 nitrogen and oxygen atoms in total. The van der Waals surface area contributed by atoms with Gasteiger partial charge in [-0.2, -0.15) is 0 Å². The molecule has 0 bridgehead atoms. The first-order valence-electron chi connectivity index (χ1n) is 4.80. The highest BCUT2D eigenvalue weighted by Gasteiger charge is 2.01. The molecule has 0 fully saturated rings. The van der Waals surface area contributed by atoms with Crippen molar-refractivity contribution in [3.63, 3.8) is 0 Å². The summed E-state index contributed by atoms with van der Waals surface area (Å²) in [7, 11) is 0. The first-order chi connectivity index (χ1) is 7.58. The Bertz CT molecular complexity index is 538. The summed E-state index contributed by atoms with van der Waals surface area (Å²) in [5, 5.41) is 16.7. The molecule has 80 valence electrons. The lowest BCUT2D eigenvalue weighted by molar-refractivity contribution is 1.42. The van der Waals surface area contributed by atoms with Crippen LogP contribution in [-0.2, 0) is 0 Å². The summed E-state index contributed by atoms with van der Waals surface area (Å²) >= 11 is 0. The van der Waals surface area contributed by atoms with Crippen molar-refractivity contribution in [2.45, 2.75) is 0 Å². The van der Waals surface area contributed by atoms with E-state index in [1.54, 1.807) is 12.1 Å². The number of nitrogens with two attached hydrogens (primary N) is 2. The molecule has 16 heavy (non-hydrogen) atoms. The Morgan fingerprint density at radius 2 is 1.19 bits per heavy atom. The van der Waals surface area contributed by atoms with E-state index in [1.165, 1.54) is 0 Å². The number of hydrogen-bond donors (Lipinski definition) is 4. The molecule has 0 heterocycles. The number of nitrogen functional groups attached to an aromatic ring is 2. The Morgan fingerprint density at radius 1 is 0.750 bits per heavy atom. The lowest BCUT2D eigenvalue weighted by atomic mass is 10.0. The zero-order chi connectivity index (χ0) is 11.7. The fourth-order valence-electron chi connectivity index (χ4n) is 1.58. The fraction of sp³-hybridized carbons (Fsp3) is 0. The third kappa shape index (κ3) is 1.72. The second-order valence-electron chi connectivity index (χ2n) is 3.60. The monoisotopic (exact) mass is 212 g/mol. The molecule has 6 N–H and O–H groups in total. The van der Waals surface area contributed by atoms with Gasteiger partial charge in [0.05, 0.1) is 0 Å². The van der Waals surface area contributed by atoms with Gasteiger partial charge in [0, 0.05) is 11.1 Å². The molecule has 0 saturated carbocycles. The first-order valence-corrected chi connectivity index (χ1v) is 4.80. The zero-order valence-corrected chi connectivity index (χ0v) is 8.62. The highest BCUT2D eigenvalue weighted by Crippen LogP contribution is 2.17. The van der Waals surface area contributed by atoms with Crippen LogP contribution in [0.5, 0.6) is 0 Å². The molecular weight excluding hydrogens is 200 g/mol. The van der Waals surface area contributed by atoms with Gasteiger partial charge in [-0.3, -0.25) is 10.8 Å². The van der Waals surface area contributed by atoms with Crippen molar-refractivity contribution in [1.29, 1.82) is 10.8 Å². The Kier molecular flexibility index (Phi) is 2.32. The van der Waals surface area contributed by atoms with Crippen molar-refractivity contribution in [2.75, 3.05) is 0 Å². The summed E-state index contributed by atoms with van der Waals surface area (Å²) < 4.78 is 0. The van der Waals surface area contributed by atoms with Gasteiger partial charge in [-0.1, -0.05) is 24.3 Å². The van der Waals surface area contributed by atoms with Gasteiger partial charge in [-0.15, -0.1) is 0 Å². The smallest absolute Gasteiger partial charge is 0.122 e. The van der Waals surface area contributed by atoms with E-state index in [1.807, 2.05) is 24.3 Å². The Hall–Kier alpha value is -2.36. The molecule has 0 amide bonds. The van der Waals surface area contributed by atoms with Gasteiger partial charge in [0.25, 0.3) is 0 Å². The molecule has 0 radical (unpaired) electrons. The van der Waals surface area contributed by atoms with Crippen molar-refractivity contribution in [2.24, 2.45) is 11.5 Å². The minimum atomic E-state index is 0.0372. The predicted octanol–water partition coefficient (Wildman–Crippen LogP) is 1.41. The van der Waals surface area contributed by atoms with E-state index in [2.05, 4.69) is 0 Å². The van der Waals surface area contributed by atoms with Crippen LogP contribution < -0.4 is 11.5 Å². The van der Waals surface area contributed by atoms with Gasteiger partial charge in [-0.25, -0.2) is 0 Å². The summed E-state index contributed by atoms with van der Waals surface area (Å²) in [5.41, 5.74) is 12.2. The van der Waals surface area contributed by atoms with Crippen molar-refractivity contribution in [3.8, 4) is 0 Å². The average molecular weight is 212 g/mol. The second kappa shape index (κ2) is 3.66. The summed E-state index contributed by atoms with van der Waals surface area (Å²) in [6, 6.07) is 11.1. The van der Waals surface area contributed by atoms with Gasteiger partial charge in [-0.05, 0) is 22.9 Å². The molecular formula is C12H12N4. The predicted molar refractivity (Wildman–Crippen MR) is 66.0 cm³/mol. The number of hydrogen-bond acceptors (Lipinski definition) is 2. The molecule has 0 spiro atoms. The lowest BCUT2D eigenvalue weighted by Gasteiger charge is -2.04. The molecule has 0 aliphatic heterocycles. The lowest BCUT2D eigenvalue weighted by Crippen LogP contribution is -2.11.